The zero-order valence-corrected chi connectivity index (χ0v) is 22.9. The van der Waals surface area contributed by atoms with Crippen LogP contribution in [0, 0.1) is 12.7 Å². The molecule has 1 atom stereocenters. The maximum atomic E-state index is 15.0. The summed E-state index contributed by atoms with van der Waals surface area (Å²) in [6.07, 6.45) is -3.42. The summed E-state index contributed by atoms with van der Waals surface area (Å²) in [6, 6.07) is 7.80. The van der Waals surface area contributed by atoms with Gasteiger partial charge in [-0.25, -0.2) is 18.5 Å². The molecule has 0 aliphatic carbocycles. The minimum atomic E-state index is -4.99. The number of benzene rings is 2. The minimum Gasteiger partial charge on any atom is -0.475 e. The van der Waals surface area contributed by atoms with Gasteiger partial charge < -0.3 is 14.2 Å². The molecule has 0 amide bonds. The molecule has 0 fully saturated rings. The molecule has 1 heterocycles. The van der Waals surface area contributed by atoms with Crippen molar-refractivity contribution in [2.75, 3.05) is 6.61 Å². The third-order valence-electron chi connectivity index (χ3n) is 5.90. The van der Waals surface area contributed by atoms with Gasteiger partial charge in [-0.1, -0.05) is 43.5 Å². The first kappa shape index (κ1) is 30.7. The van der Waals surface area contributed by atoms with Gasteiger partial charge >= 0.3 is 17.8 Å². The minimum absolute atomic E-state index is 0.0384. The lowest BCUT2D eigenvalue weighted by atomic mass is 10.2. The highest BCUT2D eigenvalue weighted by Gasteiger charge is 2.38. The van der Waals surface area contributed by atoms with Crippen LogP contribution in [0.25, 0.3) is 5.69 Å². The van der Waals surface area contributed by atoms with Crippen molar-refractivity contribution in [2.24, 2.45) is 7.05 Å². The monoisotopic (exact) mass is 586 g/mol. The van der Waals surface area contributed by atoms with Crippen molar-refractivity contribution in [1.29, 1.82) is 0 Å². The second-order valence-corrected chi connectivity index (χ2v) is 9.28. The first-order valence-electron chi connectivity index (χ1n) is 12.3. The van der Waals surface area contributed by atoms with Gasteiger partial charge in [0, 0.05) is 18.7 Å². The van der Waals surface area contributed by atoms with Crippen LogP contribution in [0.5, 0.6) is 17.2 Å². The molecule has 0 bridgehead atoms. The molecular weight excluding hydrogens is 560 g/mol. The lowest BCUT2D eigenvalue weighted by Crippen LogP contribution is -2.43. The number of halogens is 5. The fraction of sp³-hybridized carbons (Fsp3) is 0.370. The third kappa shape index (κ3) is 6.67. The average Bonchev–Trinajstić information content (AvgIpc) is 2.88. The topological polar surface area (TPSA) is 88.8 Å². The number of hydrogen-bond acceptors (Lipinski definition) is 6. The predicted molar refractivity (Wildman–Crippen MR) is 139 cm³/mol. The van der Waals surface area contributed by atoms with Gasteiger partial charge in [0.2, 0.25) is 0 Å². The molecule has 0 aliphatic heterocycles. The largest absolute Gasteiger partial charge is 0.475 e. The van der Waals surface area contributed by atoms with Crippen LogP contribution in [0.1, 0.15) is 44.4 Å². The van der Waals surface area contributed by atoms with Crippen molar-refractivity contribution in [3.8, 4) is 22.9 Å². The van der Waals surface area contributed by atoms with Crippen molar-refractivity contribution in [1.82, 2.24) is 9.13 Å². The number of hydrogen-bond donors (Lipinski definition) is 0. The summed E-state index contributed by atoms with van der Waals surface area (Å²) in [5.41, 5.74) is -5.72. The number of rotatable bonds is 10. The zero-order chi connectivity index (χ0) is 29.8. The number of carbonyl (C=O) groups is 1. The molecule has 0 aliphatic rings. The van der Waals surface area contributed by atoms with Crippen molar-refractivity contribution in [2.45, 2.75) is 52.3 Å². The Morgan fingerprint density at radius 3 is 2.35 bits per heavy atom. The van der Waals surface area contributed by atoms with E-state index in [9.17, 15) is 31.9 Å². The third-order valence-corrected chi connectivity index (χ3v) is 6.20. The molecule has 216 valence electrons. The Labute approximate surface area is 231 Å². The molecule has 0 spiro atoms. The van der Waals surface area contributed by atoms with Gasteiger partial charge in [-0.15, -0.1) is 0 Å². The number of unbranched alkanes of at least 4 members (excludes halogenated alkanes) is 2. The molecule has 0 saturated heterocycles. The Morgan fingerprint density at radius 2 is 1.73 bits per heavy atom. The summed E-state index contributed by atoms with van der Waals surface area (Å²) in [6.45, 7) is 4.63. The van der Waals surface area contributed by atoms with Crippen LogP contribution >= 0.6 is 11.6 Å². The number of para-hydroxylation sites is 2. The van der Waals surface area contributed by atoms with Crippen LogP contribution < -0.4 is 20.7 Å². The molecule has 13 heteroatoms. The zero-order valence-electron chi connectivity index (χ0n) is 22.1. The number of ether oxygens (including phenoxy) is 3. The van der Waals surface area contributed by atoms with Crippen LogP contribution in [0.15, 0.2) is 46.0 Å². The van der Waals surface area contributed by atoms with Crippen molar-refractivity contribution >= 4 is 17.6 Å². The standard InChI is InChI=1S/C27H27ClF4N2O6/c1-5-6-9-12-38-25(36)16(3)39-20-10-7-8-11-21(20)40-22-14-19(18(29)13-17(22)28)34-24(35)15(2)23(27(30,31)32)33(4)26(34)37/h7-8,10-11,13-14,16H,5-6,9,12H2,1-4H3. The molecule has 8 nitrogen and oxygen atoms in total. The maximum Gasteiger partial charge on any atom is 0.432 e. The van der Waals surface area contributed by atoms with E-state index in [0.717, 1.165) is 38.9 Å². The second kappa shape index (κ2) is 12.6. The highest BCUT2D eigenvalue weighted by atomic mass is 35.5. The van der Waals surface area contributed by atoms with Gasteiger partial charge in [0.1, 0.15) is 17.3 Å². The van der Waals surface area contributed by atoms with Gasteiger partial charge in [-0.2, -0.15) is 13.2 Å². The number of esters is 1. The summed E-state index contributed by atoms with van der Waals surface area (Å²) < 4.78 is 72.5. The quantitative estimate of drug-likeness (QED) is 0.166. The molecule has 3 rings (SSSR count). The lowest BCUT2D eigenvalue weighted by molar-refractivity contribution is -0.151. The fourth-order valence-corrected chi connectivity index (χ4v) is 4.06. The predicted octanol–water partition coefficient (Wildman–Crippen LogP) is 5.95. The van der Waals surface area contributed by atoms with Crippen LogP contribution in [0.4, 0.5) is 17.6 Å². The highest BCUT2D eigenvalue weighted by Crippen LogP contribution is 2.37. The molecular formula is C27H27ClF4N2O6. The van der Waals surface area contributed by atoms with Gasteiger partial charge in [0.15, 0.2) is 17.6 Å². The van der Waals surface area contributed by atoms with E-state index in [1.54, 1.807) is 12.1 Å². The van der Waals surface area contributed by atoms with Crippen molar-refractivity contribution in [3.05, 3.63) is 79.3 Å². The maximum absolute atomic E-state index is 15.0. The Hall–Kier alpha value is -3.80. The Morgan fingerprint density at radius 1 is 1.07 bits per heavy atom. The van der Waals surface area contributed by atoms with Gasteiger partial charge in [0.05, 0.1) is 17.3 Å². The molecule has 1 unspecified atom stereocenters. The average molecular weight is 587 g/mol. The molecule has 0 radical (unpaired) electrons. The van der Waals surface area contributed by atoms with Crippen molar-refractivity contribution < 1.29 is 36.6 Å². The fourth-order valence-electron chi connectivity index (χ4n) is 3.87. The van der Waals surface area contributed by atoms with E-state index in [1.165, 1.54) is 19.1 Å². The normalized spacial score (nSPS) is 12.2. The molecule has 0 N–H and O–H groups in total. The van der Waals surface area contributed by atoms with E-state index in [0.29, 0.717) is 6.42 Å². The molecule has 0 saturated carbocycles. The summed E-state index contributed by atoms with van der Waals surface area (Å²) >= 11 is 6.16. The molecule has 40 heavy (non-hydrogen) atoms. The first-order valence-corrected chi connectivity index (χ1v) is 12.6. The van der Waals surface area contributed by atoms with Gasteiger partial charge in [0.25, 0.3) is 5.56 Å². The van der Waals surface area contributed by atoms with E-state index >= 15 is 0 Å². The van der Waals surface area contributed by atoms with Gasteiger partial charge in [-0.3, -0.25) is 9.36 Å². The van der Waals surface area contributed by atoms with Crippen LogP contribution in [0.3, 0.4) is 0 Å². The van der Waals surface area contributed by atoms with E-state index in [-0.39, 0.29) is 38.0 Å². The molecule has 2 aromatic carbocycles. The molecule has 1 aromatic heterocycles. The second-order valence-electron chi connectivity index (χ2n) is 8.87. The Balaban J connectivity index is 1.98. The summed E-state index contributed by atoms with van der Waals surface area (Å²) in [5, 5.41) is -0.270. The summed E-state index contributed by atoms with van der Waals surface area (Å²) in [4.78, 5) is 37.9. The summed E-state index contributed by atoms with van der Waals surface area (Å²) in [7, 11) is 0.822. The van der Waals surface area contributed by atoms with Gasteiger partial charge in [-0.05, 0) is 38.5 Å². The van der Waals surface area contributed by atoms with E-state index < -0.39 is 52.3 Å². The number of carbonyl (C=O) groups excluding carboxylic acids is 1. The number of alkyl halides is 3. The lowest BCUT2D eigenvalue weighted by Gasteiger charge is -2.19. The van der Waals surface area contributed by atoms with Crippen LogP contribution in [-0.4, -0.2) is 27.8 Å². The number of aromatic nitrogens is 2. The van der Waals surface area contributed by atoms with Crippen LogP contribution in [0.2, 0.25) is 5.02 Å². The first-order chi connectivity index (χ1) is 18.8. The van der Waals surface area contributed by atoms with E-state index in [2.05, 4.69) is 0 Å². The number of nitrogens with zero attached hydrogens (tertiary/aromatic N) is 2. The Bertz CT molecular complexity index is 1480. The van der Waals surface area contributed by atoms with Crippen molar-refractivity contribution in [3.63, 3.8) is 0 Å². The SMILES string of the molecule is CCCCCOC(=O)C(C)Oc1ccccc1Oc1cc(-n2c(=O)c(C)c(C(F)(F)F)n(C)c2=O)c(F)cc1Cl. The van der Waals surface area contributed by atoms with Crippen LogP contribution in [-0.2, 0) is 22.8 Å². The summed E-state index contributed by atoms with van der Waals surface area (Å²) in [5.74, 6) is -1.85. The highest BCUT2D eigenvalue weighted by molar-refractivity contribution is 6.32. The Kier molecular flexibility index (Phi) is 9.67. The smallest absolute Gasteiger partial charge is 0.432 e. The van der Waals surface area contributed by atoms with E-state index in [4.69, 9.17) is 25.8 Å². The van der Waals surface area contributed by atoms with E-state index in [1.807, 2.05) is 6.92 Å². The molecule has 3 aromatic rings.